The number of aliphatic carboxylic acids is 1. The molecule has 1 aromatic rings. The highest BCUT2D eigenvalue weighted by molar-refractivity contribution is 5.80. The van der Waals surface area contributed by atoms with E-state index in [1.807, 2.05) is 17.1 Å². The summed E-state index contributed by atoms with van der Waals surface area (Å²) in [5, 5.41) is 12.5. The van der Waals surface area contributed by atoms with E-state index in [1.54, 1.807) is 17.3 Å². The number of piperazine rings is 1. The molecule has 2 aliphatic rings. The number of rotatable bonds is 4. The summed E-state index contributed by atoms with van der Waals surface area (Å²) in [6.07, 6.45) is 6.66. The first-order valence-corrected chi connectivity index (χ1v) is 8.83. The minimum absolute atomic E-state index is 0.196. The standard InChI is InChI=1S/C17H25N5O3/c23-16(24)14-22(21-8-2-1-3-9-21)17(25)20-12-10-19(11-13-20)15-4-6-18-7-5-15/h4-7H,1-3,8-14H2,(H,23,24). The van der Waals surface area contributed by atoms with Crippen LogP contribution >= 0.6 is 0 Å². The highest BCUT2D eigenvalue weighted by atomic mass is 16.4. The van der Waals surface area contributed by atoms with Gasteiger partial charge in [-0.05, 0) is 25.0 Å². The summed E-state index contributed by atoms with van der Waals surface area (Å²) in [5.74, 6) is -0.977. The van der Waals surface area contributed by atoms with Gasteiger partial charge in [0.2, 0.25) is 0 Å². The zero-order chi connectivity index (χ0) is 17.6. The number of anilines is 1. The van der Waals surface area contributed by atoms with Crippen LogP contribution in [-0.2, 0) is 4.79 Å². The van der Waals surface area contributed by atoms with Gasteiger partial charge in [0.05, 0.1) is 0 Å². The Labute approximate surface area is 147 Å². The minimum Gasteiger partial charge on any atom is -0.480 e. The topological polar surface area (TPSA) is 80.2 Å². The monoisotopic (exact) mass is 347 g/mol. The van der Waals surface area contributed by atoms with Gasteiger partial charge in [0.15, 0.2) is 0 Å². The van der Waals surface area contributed by atoms with E-state index in [9.17, 15) is 14.7 Å². The largest absolute Gasteiger partial charge is 0.480 e. The summed E-state index contributed by atoms with van der Waals surface area (Å²) in [6.45, 7) is 3.86. The average molecular weight is 347 g/mol. The molecule has 0 radical (unpaired) electrons. The molecule has 1 aromatic heterocycles. The fourth-order valence-corrected chi connectivity index (χ4v) is 3.41. The first-order chi connectivity index (χ1) is 12.1. The van der Waals surface area contributed by atoms with Crippen molar-refractivity contribution in [2.75, 3.05) is 50.7 Å². The third kappa shape index (κ3) is 4.39. The fraction of sp³-hybridized carbons (Fsp3) is 0.588. The quantitative estimate of drug-likeness (QED) is 0.879. The zero-order valence-electron chi connectivity index (χ0n) is 14.4. The lowest BCUT2D eigenvalue weighted by Crippen LogP contribution is -2.58. The Morgan fingerprint density at radius 2 is 1.64 bits per heavy atom. The van der Waals surface area contributed by atoms with Gasteiger partial charge in [-0.25, -0.2) is 14.8 Å². The van der Waals surface area contributed by atoms with Crippen molar-refractivity contribution in [2.45, 2.75) is 19.3 Å². The Kier molecular flexibility index (Phi) is 5.70. The van der Waals surface area contributed by atoms with Crippen LogP contribution in [0.5, 0.6) is 0 Å². The number of hydrogen-bond acceptors (Lipinski definition) is 5. The third-order valence-corrected chi connectivity index (χ3v) is 4.76. The van der Waals surface area contributed by atoms with E-state index < -0.39 is 5.97 Å². The summed E-state index contributed by atoms with van der Waals surface area (Å²) >= 11 is 0. The van der Waals surface area contributed by atoms with Gasteiger partial charge in [-0.3, -0.25) is 9.78 Å². The van der Waals surface area contributed by atoms with Crippen LogP contribution in [0.3, 0.4) is 0 Å². The molecule has 1 N–H and O–H groups in total. The molecule has 2 amide bonds. The fourth-order valence-electron chi connectivity index (χ4n) is 3.41. The van der Waals surface area contributed by atoms with Crippen LogP contribution < -0.4 is 4.90 Å². The molecule has 136 valence electrons. The molecule has 2 saturated heterocycles. The number of carbonyl (C=O) groups is 2. The Hall–Kier alpha value is -2.35. The molecule has 0 aromatic carbocycles. The van der Waals surface area contributed by atoms with E-state index in [0.29, 0.717) is 13.1 Å². The Bertz CT molecular complexity index is 583. The molecule has 3 rings (SSSR count). The van der Waals surface area contributed by atoms with Crippen LogP contribution in [-0.4, -0.2) is 82.8 Å². The second-order valence-electron chi connectivity index (χ2n) is 6.43. The van der Waals surface area contributed by atoms with Crippen LogP contribution in [0.2, 0.25) is 0 Å². The molecule has 0 bridgehead atoms. The van der Waals surface area contributed by atoms with Gasteiger partial charge in [0.1, 0.15) is 6.54 Å². The van der Waals surface area contributed by atoms with E-state index in [4.69, 9.17) is 0 Å². The van der Waals surface area contributed by atoms with Crippen molar-refractivity contribution >= 4 is 17.7 Å². The number of aromatic nitrogens is 1. The van der Waals surface area contributed by atoms with E-state index in [2.05, 4.69) is 9.88 Å². The van der Waals surface area contributed by atoms with Crippen LogP contribution in [0.4, 0.5) is 10.5 Å². The van der Waals surface area contributed by atoms with Gasteiger partial charge in [-0.15, -0.1) is 0 Å². The van der Waals surface area contributed by atoms with E-state index in [-0.39, 0.29) is 12.6 Å². The van der Waals surface area contributed by atoms with Crippen LogP contribution in [0.25, 0.3) is 0 Å². The SMILES string of the molecule is O=C(O)CN(C(=O)N1CCN(c2ccncc2)CC1)N1CCCCC1. The normalized spacial score (nSPS) is 18.9. The molecule has 25 heavy (non-hydrogen) atoms. The minimum atomic E-state index is -0.977. The number of hydrogen-bond donors (Lipinski definition) is 1. The first kappa shape index (κ1) is 17.5. The Morgan fingerprint density at radius 3 is 2.24 bits per heavy atom. The molecule has 8 nitrogen and oxygen atoms in total. The number of amides is 2. The van der Waals surface area contributed by atoms with Crippen molar-refractivity contribution in [3.8, 4) is 0 Å². The lowest BCUT2D eigenvalue weighted by atomic mass is 10.2. The molecular weight excluding hydrogens is 322 g/mol. The number of urea groups is 1. The van der Waals surface area contributed by atoms with Gasteiger partial charge < -0.3 is 14.9 Å². The van der Waals surface area contributed by atoms with Crippen molar-refractivity contribution in [3.63, 3.8) is 0 Å². The van der Waals surface area contributed by atoms with Crippen LogP contribution in [0, 0.1) is 0 Å². The lowest BCUT2D eigenvalue weighted by Gasteiger charge is -2.42. The highest BCUT2D eigenvalue weighted by Gasteiger charge is 2.31. The molecule has 0 atom stereocenters. The van der Waals surface area contributed by atoms with Crippen molar-refractivity contribution in [1.82, 2.24) is 19.9 Å². The number of carboxylic acid groups (broad SMARTS) is 1. The number of piperidine rings is 1. The van der Waals surface area contributed by atoms with Gasteiger partial charge in [-0.2, -0.15) is 0 Å². The van der Waals surface area contributed by atoms with Crippen molar-refractivity contribution < 1.29 is 14.7 Å². The maximum absolute atomic E-state index is 12.9. The number of hydrazine groups is 1. The average Bonchev–Trinajstić information content (AvgIpc) is 2.67. The maximum Gasteiger partial charge on any atom is 0.335 e. The predicted octanol–water partition coefficient (Wildman–Crippen LogP) is 1.11. The molecular formula is C17H25N5O3. The highest BCUT2D eigenvalue weighted by Crippen LogP contribution is 2.17. The Morgan fingerprint density at radius 1 is 1.00 bits per heavy atom. The van der Waals surface area contributed by atoms with Crippen LogP contribution in [0.1, 0.15) is 19.3 Å². The summed E-state index contributed by atoms with van der Waals surface area (Å²) in [7, 11) is 0. The number of nitrogens with zero attached hydrogens (tertiary/aromatic N) is 5. The first-order valence-electron chi connectivity index (χ1n) is 8.83. The van der Waals surface area contributed by atoms with Gasteiger partial charge in [0, 0.05) is 57.3 Å². The summed E-state index contributed by atoms with van der Waals surface area (Å²) in [5.41, 5.74) is 1.10. The zero-order valence-corrected chi connectivity index (χ0v) is 14.4. The summed E-state index contributed by atoms with van der Waals surface area (Å²) < 4.78 is 0. The maximum atomic E-state index is 12.9. The lowest BCUT2D eigenvalue weighted by molar-refractivity contribution is -0.142. The number of carbonyl (C=O) groups excluding carboxylic acids is 1. The summed E-state index contributed by atoms with van der Waals surface area (Å²) in [4.78, 5) is 32.1. The summed E-state index contributed by atoms with van der Waals surface area (Å²) in [6, 6.07) is 3.72. The molecule has 2 fully saturated rings. The van der Waals surface area contributed by atoms with Crippen molar-refractivity contribution in [1.29, 1.82) is 0 Å². The predicted molar refractivity (Wildman–Crippen MR) is 93.2 cm³/mol. The van der Waals surface area contributed by atoms with E-state index >= 15 is 0 Å². The van der Waals surface area contributed by atoms with E-state index in [0.717, 1.165) is 51.1 Å². The van der Waals surface area contributed by atoms with Crippen LogP contribution in [0.15, 0.2) is 24.5 Å². The molecule has 2 aliphatic heterocycles. The van der Waals surface area contributed by atoms with E-state index in [1.165, 1.54) is 5.01 Å². The second-order valence-corrected chi connectivity index (χ2v) is 6.43. The smallest absolute Gasteiger partial charge is 0.335 e. The number of pyridine rings is 1. The molecule has 3 heterocycles. The molecule has 0 spiro atoms. The Balaban J connectivity index is 1.61. The molecule has 8 heteroatoms. The van der Waals surface area contributed by atoms with Crippen molar-refractivity contribution in [2.24, 2.45) is 0 Å². The van der Waals surface area contributed by atoms with Gasteiger partial charge in [0.25, 0.3) is 0 Å². The third-order valence-electron chi connectivity index (χ3n) is 4.76. The number of carboxylic acids is 1. The molecule has 0 aliphatic carbocycles. The molecule has 0 saturated carbocycles. The molecule has 0 unspecified atom stereocenters. The van der Waals surface area contributed by atoms with Gasteiger partial charge in [-0.1, -0.05) is 6.42 Å². The van der Waals surface area contributed by atoms with Gasteiger partial charge >= 0.3 is 12.0 Å². The van der Waals surface area contributed by atoms with Crippen molar-refractivity contribution in [3.05, 3.63) is 24.5 Å². The second kappa shape index (κ2) is 8.15.